The molecule has 1 amide bonds. The summed E-state index contributed by atoms with van der Waals surface area (Å²) in [5.41, 5.74) is -0.355. The maximum Gasteiger partial charge on any atom is 0.231 e. The number of rotatable bonds is 1. The van der Waals surface area contributed by atoms with Crippen LogP contribution < -0.4 is 5.32 Å². The lowest BCUT2D eigenvalue weighted by Gasteiger charge is -2.15. The topological polar surface area (TPSA) is 42.0 Å². The van der Waals surface area contributed by atoms with Gasteiger partial charge in [0.2, 0.25) is 5.91 Å². The average molecular weight is 184 g/mol. The van der Waals surface area contributed by atoms with Gasteiger partial charge in [0, 0.05) is 17.0 Å². The van der Waals surface area contributed by atoms with Crippen LogP contribution in [0.1, 0.15) is 20.8 Å². The van der Waals surface area contributed by atoms with Crippen LogP contribution in [-0.4, -0.2) is 10.9 Å². The summed E-state index contributed by atoms with van der Waals surface area (Å²) < 4.78 is 0. The van der Waals surface area contributed by atoms with E-state index in [-0.39, 0.29) is 11.3 Å². The van der Waals surface area contributed by atoms with Crippen LogP contribution in [0, 0.1) is 5.41 Å². The normalized spacial score (nSPS) is 11.2. The van der Waals surface area contributed by atoms with E-state index in [0.717, 1.165) is 0 Å². The first-order valence-corrected chi connectivity index (χ1v) is 4.59. The largest absolute Gasteiger partial charge is 0.302 e. The van der Waals surface area contributed by atoms with E-state index in [2.05, 4.69) is 10.3 Å². The Bertz CT molecular complexity index is 261. The van der Waals surface area contributed by atoms with Crippen LogP contribution in [0.4, 0.5) is 5.13 Å². The van der Waals surface area contributed by atoms with Crippen molar-refractivity contribution in [1.29, 1.82) is 0 Å². The molecule has 0 aliphatic carbocycles. The van der Waals surface area contributed by atoms with Crippen molar-refractivity contribution in [2.24, 2.45) is 5.41 Å². The van der Waals surface area contributed by atoms with E-state index in [9.17, 15) is 4.79 Å². The first kappa shape index (κ1) is 9.19. The Kier molecular flexibility index (Phi) is 2.47. The summed E-state index contributed by atoms with van der Waals surface area (Å²) in [6.45, 7) is 5.61. The molecule has 12 heavy (non-hydrogen) atoms. The van der Waals surface area contributed by atoms with Gasteiger partial charge in [-0.25, -0.2) is 4.98 Å². The number of anilines is 1. The fourth-order valence-corrected chi connectivity index (χ4v) is 1.09. The molecular weight excluding hydrogens is 172 g/mol. The molecule has 1 aromatic heterocycles. The standard InChI is InChI=1S/C8H12N2OS/c1-8(2,3)6(11)10-7-9-4-5-12-7/h4-5H,1-3H3,(H,9,10,11). The Morgan fingerprint density at radius 3 is 2.67 bits per heavy atom. The highest BCUT2D eigenvalue weighted by molar-refractivity contribution is 7.13. The molecule has 0 aliphatic heterocycles. The van der Waals surface area contributed by atoms with E-state index >= 15 is 0 Å². The molecule has 0 aromatic carbocycles. The molecule has 0 spiro atoms. The Morgan fingerprint density at radius 1 is 1.58 bits per heavy atom. The monoisotopic (exact) mass is 184 g/mol. The van der Waals surface area contributed by atoms with Gasteiger partial charge in [-0.2, -0.15) is 0 Å². The van der Waals surface area contributed by atoms with Gasteiger partial charge in [0.15, 0.2) is 5.13 Å². The van der Waals surface area contributed by atoms with E-state index in [4.69, 9.17) is 0 Å². The zero-order valence-electron chi connectivity index (χ0n) is 7.42. The molecular formula is C8H12N2OS. The number of aromatic nitrogens is 1. The van der Waals surface area contributed by atoms with E-state index in [1.807, 2.05) is 26.2 Å². The molecule has 1 heterocycles. The Hall–Kier alpha value is -0.900. The number of nitrogens with zero attached hydrogens (tertiary/aromatic N) is 1. The molecule has 0 unspecified atom stereocenters. The molecule has 0 fully saturated rings. The maximum atomic E-state index is 11.4. The van der Waals surface area contributed by atoms with Crippen LogP contribution in [0.15, 0.2) is 11.6 Å². The molecule has 1 aromatic rings. The highest BCUT2D eigenvalue weighted by atomic mass is 32.1. The van der Waals surface area contributed by atoms with Gasteiger partial charge in [0.1, 0.15) is 0 Å². The Labute approximate surface area is 75.8 Å². The summed E-state index contributed by atoms with van der Waals surface area (Å²) in [6.07, 6.45) is 1.67. The van der Waals surface area contributed by atoms with Crippen molar-refractivity contribution in [3.63, 3.8) is 0 Å². The number of carbonyl (C=O) groups is 1. The Balaban J connectivity index is 2.60. The van der Waals surface area contributed by atoms with Gasteiger partial charge in [-0.05, 0) is 0 Å². The predicted octanol–water partition coefficient (Wildman–Crippen LogP) is 2.13. The molecule has 1 N–H and O–H groups in total. The molecule has 3 nitrogen and oxygen atoms in total. The lowest BCUT2D eigenvalue weighted by Crippen LogP contribution is -2.27. The van der Waals surface area contributed by atoms with Crippen molar-refractivity contribution >= 4 is 22.4 Å². The molecule has 66 valence electrons. The molecule has 1 rings (SSSR count). The quantitative estimate of drug-likeness (QED) is 0.726. The van der Waals surface area contributed by atoms with Crippen LogP contribution in [0.3, 0.4) is 0 Å². The fourth-order valence-electron chi connectivity index (χ4n) is 0.570. The third-order valence-electron chi connectivity index (χ3n) is 1.33. The molecule has 0 saturated heterocycles. The zero-order chi connectivity index (χ0) is 9.19. The smallest absolute Gasteiger partial charge is 0.231 e. The average Bonchev–Trinajstić information content (AvgIpc) is 2.37. The lowest BCUT2D eigenvalue weighted by atomic mass is 9.96. The van der Waals surface area contributed by atoms with Gasteiger partial charge < -0.3 is 5.32 Å². The number of carbonyl (C=O) groups excluding carboxylic acids is 1. The van der Waals surface area contributed by atoms with Crippen molar-refractivity contribution in [1.82, 2.24) is 4.98 Å². The minimum atomic E-state index is -0.355. The summed E-state index contributed by atoms with van der Waals surface area (Å²) in [5.74, 6) is -0.00236. The highest BCUT2D eigenvalue weighted by Crippen LogP contribution is 2.18. The fraction of sp³-hybridized carbons (Fsp3) is 0.500. The van der Waals surface area contributed by atoms with Gasteiger partial charge in [-0.1, -0.05) is 20.8 Å². The first-order valence-electron chi connectivity index (χ1n) is 3.71. The highest BCUT2D eigenvalue weighted by Gasteiger charge is 2.21. The van der Waals surface area contributed by atoms with Crippen LogP contribution in [0.5, 0.6) is 0 Å². The molecule has 0 atom stereocenters. The third kappa shape index (κ3) is 2.30. The molecule has 0 aliphatic rings. The van der Waals surface area contributed by atoms with Crippen LogP contribution in [-0.2, 0) is 4.79 Å². The van der Waals surface area contributed by atoms with E-state index in [0.29, 0.717) is 5.13 Å². The lowest BCUT2D eigenvalue weighted by molar-refractivity contribution is -0.123. The predicted molar refractivity (Wildman–Crippen MR) is 50.2 cm³/mol. The number of hydrogen-bond acceptors (Lipinski definition) is 3. The molecule has 0 bridgehead atoms. The number of nitrogens with one attached hydrogen (secondary N) is 1. The SMILES string of the molecule is CC(C)(C)C(=O)Nc1nccs1. The number of amides is 1. The van der Waals surface area contributed by atoms with E-state index < -0.39 is 0 Å². The van der Waals surface area contributed by atoms with Crippen molar-refractivity contribution in [2.75, 3.05) is 5.32 Å². The second-order valence-corrected chi connectivity index (χ2v) is 4.44. The zero-order valence-corrected chi connectivity index (χ0v) is 8.23. The van der Waals surface area contributed by atoms with Gasteiger partial charge in [-0.3, -0.25) is 4.79 Å². The van der Waals surface area contributed by atoms with Gasteiger partial charge >= 0.3 is 0 Å². The van der Waals surface area contributed by atoms with Crippen molar-refractivity contribution < 1.29 is 4.79 Å². The summed E-state index contributed by atoms with van der Waals surface area (Å²) in [6, 6.07) is 0. The Morgan fingerprint density at radius 2 is 2.25 bits per heavy atom. The minimum Gasteiger partial charge on any atom is -0.302 e. The molecule has 4 heteroatoms. The van der Waals surface area contributed by atoms with Gasteiger partial charge in [0.05, 0.1) is 0 Å². The number of hydrogen-bond donors (Lipinski definition) is 1. The van der Waals surface area contributed by atoms with E-state index in [1.165, 1.54) is 11.3 Å². The second-order valence-electron chi connectivity index (χ2n) is 3.54. The molecule has 0 saturated carbocycles. The van der Waals surface area contributed by atoms with Crippen LogP contribution in [0.2, 0.25) is 0 Å². The minimum absolute atomic E-state index is 0.00236. The third-order valence-corrected chi connectivity index (χ3v) is 2.02. The van der Waals surface area contributed by atoms with Crippen LogP contribution in [0.25, 0.3) is 0 Å². The summed E-state index contributed by atoms with van der Waals surface area (Å²) in [5, 5.41) is 5.22. The summed E-state index contributed by atoms with van der Waals surface area (Å²) >= 11 is 1.42. The van der Waals surface area contributed by atoms with Crippen molar-refractivity contribution in [3.8, 4) is 0 Å². The van der Waals surface area contributed by atoms with Gasteiger partial charge in [0.25, 0.3) is 0 Å². The van der Waals surface area contributed by atoms with Gasteiger partial charge in [-0.15, -0.1) is 11.3 Å². The van der Waals surface area contributed by atoms with Crippen molar-refractivity contribution in [3.05, 3.63) is 11.6 Å². The van der Waals surface area contributed by atoms with E-state index in [1.54, 1.807) is 6.20 Å². The number of thiazole rings is 1. The molecule has 0 radical (unpaired) electrons. The summed E-state index contributed by atoms with van der Waals surface area (Å²) in [7, 11) is 0. The van der Waals surface area contributed by atoms with Crippen molar-refractivity contribution in [2.45, 2.75) is 20.8 Å². The first-order chi connectivity index (χ1) is 5.50. The van der Waals surface area contributed by atoms with Crippen LogP contribution >= 0.6 is 11.3 Å². The summed E-state index contributed by atoms with van der Waals surface area (Å²) in [4.78, 5) is 15.3. The second kappa shape index (κ2) is 3.23. The maximum absolute atomic E-state index is 11.4.